The molecule has 3 nitrogen and oxygen atoms in total. The average molecular weight is 247 g/mol. The van der Waals surface area contributed by atoms with Gasteiger partial charge in [0.1, 0.15) is 18.0 Å². The van der Waals surface area contributed by atoms with Crippen molar-refractivity contribution in [3.8, 4) is 0 Å². The third kappa shape index (κ3) is 2.58. The molecule has 0 fully saturated rings. The lowest BCUT2D eigenvalue weighted by Gasteiger charge is -2.23. The molecule has 2 aromatic rings. The summed E-state index contributed by atoms with van der Waals surface area (Å²) in [6.07, 6.45) is 3.63. The predicted octanol–water partition coefficient (Wildman–Crippen LogP) is 3.40. The van der Waals surface area contributed by atoms with E-state index < -0.39 is 0 Å². The summed E-state index contributed by atoms with van der Waals surface area (Å²) in [4.78, 5) is 10.7. The standard InChI is InChI=1S/C14H18FN3/c1-3-7-18(8-4-2)14-12-9-11(15)5-6-13(12)16-10-17-14/h5-6,9-10H,3-4,7-8H2,1-2H3. The van der Waals surface area contributed by atoms with E-state index in [-0.39, 0.29) is 5.82 Å². The Hall–Kier alpha value is -1.71. The Labute approximate surface area is 107 Å². The molecule has 0 spiro atoms. The number of nitrogens with zero attached hydrogens (tertiary/aromatic N) is 3. The van der Waals surface area contributed by atoms with E-state index in [1.807, 2.05) is 0 Å². The van der Waals surface area contributed by atoms with Crippen molar-refractivity contribution in [1.82, 2.24) is 9.97 Å². The molecule has 0 aliphatic carbocycles. The van der Waals surface area contributed by atoms with E-state index in [1.54, 1.807) is 12.4 Å². The molecular weight excluding hydrogens is 229 g/mol. The van der Waals surface area contributed by atoms with Crippen LogP contribution in [0.15, 0.2) is 24.5 Å². The van der Waals surface area contributed by atoms with Crippen molar-refractivity contribution in [1.29, 1.82) is 0 Å². The third-order valence-electron chi connectivity index (χ3n) is 2.86. The minimum Gasteiger partial charge on any atom is -0.356 e. The van der Waals surface area contributed by atoms with Crippen molar-refractivity contribution in [2.45, 2.75) is 26.7 Å². The van der Waals surface area contributed by atoms with E-state index in [1.165, 1.54) is 12.1 Å². The molecular formula is C14H18FN3. The highest BCUT2D eigenvalue weighted by atomic mass is 19.1. The zero-order valence-electron chi connectivity index (χ0n) is 10.9. The number of halogens is 1. The Morgan fingerprint density at radius 3 is 2.50 bits per heavy atom. The van der Waals surface area contributed by atoms with Gasteiger partial charge < -0.3 is 4.90 Å². The van der Waals surface area contributed by atoms with Crippen molar-refractivity contribution in [2.24, 2.45) is 0 Å². The Morgan fingerprint density at radius 1 is 1.11 bits per heavy atom. The predicted molar refractivity (Wildman–Crippen MR) is 72.3 cm³/mol. The number of fused-ring (bicyclic) bond motifs is 1. The minimum atomic E-state index is -0.244. The zero-order chi connectivity index (χ0) is 13.0. The van der Waals surface area contributed by atoms with Crippen molar-refractivity contribution in [2.75, 3.05) is 18.0 Å². The van der Waals surface area contributed by atoms with Crippen LogP contribution >= 0.6 is 0 Å². The highest BCUT2D eigenvalue weighted by Gasteiger charge is 2.11. The number of hydrogen-bond acceptors (Lipinski definition) is 3. The van der Waals surface area contributed by atoms with Gasteiger partial charge in [-0.1, -0.05) is 13.8 Å². The van der Waals surface area contributed by atoms with Crippen LogP contribution in [0.3, 0.4) is 0 Å². The summed E-state index contributed by atoms with van der Waals surface area (Å²) in [6, 6.07) is 4.65. The molecule has 0 bridgehead atoms. The van der Waals surface area contributed by atoms with Gasteiger partial charge in [0.05, 0.1) is 5.52 Å². The number of aromatic nitrogens is 2. The van der Waals surface area contributed by atoms with Crippen LogP contribution in [0.5, 0.6) is 0 Å². The fourth-order valence-electron chi connectivity index (χ4n) is 2.13. The second-order valence-corrected chi connectivity index (χ2v) is 4.35. The molecule has 18 heavy (non-hydrogen) atoms. The molecule has 0 aliphatic heterocycles. The normalized spacial score (nSPS) is 10.8. The third-order valence-corrected chi connectivity index (χ3v) is 2.86. The maximum atomic E-state index is 13.4. The van der Waals surface area contributed by atoms with Gasteiger partial charge in [0.2, 0.25) is 0 Å². The SMILES string of the molecule is CCCN(CCC)c1ncnc2ccc(F)cc12. The number of rotatable bonds is 5. The molecule has 0 amide bonds. The van der Waals surface area contributed by atoms with Crippen molar-refractivity contribution in [3.63, 3.8) is 0 Å². The summed E-state index contributed by atoms with van der Waals surface area (Å²) in [5.74, 6) is 0.592. The minimum absolute atomic E-state index is 0.244. The summed E-state index contributed by atoms with van der Waals surface area (Å²) in [5, 5.41) is 0.791. The zero-order valence-corrected chi connectivity index (χ0v) is 10.9. The molecule has 1 heterocycles. The monoisotopic (exact) mass is 247 g/mol. The van der Waals surface area contributed by atoms with Gasteiger partial charge in [-0.2, -0.15) is 0 Å². The van der Waals surface area contributed by atoms with Crippen molar-refractivity contribution in [3.05, 3.63) is 30.3 Å². The van der Waals surface area contributed by atoms with E-state index >= 15 is 0 Å². The summed E-state index contributed by atoms with van der Waals surface area (Å²) in [5.41, 5.74) is 0.790. The highest BCUT2D eigenvalue weighted by molar-refractivity contribution is 5.89. The fraction of sp³-hybridized carbons (Fsp3) is 0.429. The number of benzene rings is 1. The second kappa shape index (κ2) is 5.76. The Bertz CT molecular complexity index is 521. The van der Waals surface area contributed by atoms with Gasteiger partial charge in [-0.25, -0.2) is 14.4 Å². The van der Waals surface area contributed by atoms with Gasteiger partial charge in [-0.05, 0) is 31.0 Å². The van der Waals surface area contributed by atoms with Crippen LogP contribution in [0, 0.1) is 5.82 Å². The number of anilines is 1. The average Bonchev–Trinajstić information content (AvgIpc) is 2.38. The second-order valence-electron chi connectivity index (χ2n) is 4.35. The molecule has 96 valence electrons. The smallest absolute Gasteiger partial charge is 0.139 e. The van der Waals surface area contributed by atoms with Gasteiger partial charge in [-0.3, -0.25) is 0 Å². The largest absolute Gasteiger partial charge is 0.356 e. The molecule has 0 radical (unpaired) electrons. The molecule has 0 saturated heterocycles. The maximum absolute atomic E-state index is 13.4. The summed E-state index contributed by atoms with van der Waals surface area (Å²) in [7, 11) is 0. The Balaban J connectivity index is 2.50. The lowest BCUT2D eigenvalue weighted by atomic mass is 10.2. The van der Waals surface area contributed by atoms with E-state index in [0.717, 1.165) is 42.7 Å². The molecule has 0 unspecified atom stereocenters. The summed E-state index contributed by atoms with van der Waals surface area (Å²) >= 11 is 0. The van der Waals surface area contributed by atoms with Gasteiger partial charge in [0, 0.05) is 18.5 Å². The van der Waals surface area contributed by atoms with E-state index in [2.05, 4.69) is 28.7 Å². The van der Waals surface area contributed by atoms with Crippen LogP contribution in [-0.2, 0) is 0 Å². The fourth-order valence-corrected chi connectivity index (χ4v) is 2.13. The van der Waals surface area contributed by atoms with Crippen LogP contribution in [-0.4, -0.2) is 23.1 Å². The molecule has 0 saturated carbocycles. The molecule has 0 aliphatic rings. The van der Waals surface area contributed by atoms with E-state index in [0.29, 0.717) is 0 Å². The molecule has 1 aromatic heterocycles. The molecule has 4 heteroatoms. The van der Waals surface area contributed by atoms with E-state index in [9.17, 15) is 4.39 Å². The first-order chi connectivity index (χ1) is 8.76. The number of hydrogen-bond donors (Lipinski definition) is 0. The lowest BCUT2D eigenvalue weighted by Crippen LogP contribution is -2.26. The van der Waals surface area contributed by atoms with Gasteiger partial charge in [0.15, 0.2) is 0 Å². The first-order valence-corrected chi connectivity index (χ1v) is 6.41. The van der Waals surface area contributed by atoms with Gasteiger partial charge in [0.25, 0.3) is 0 Å². The van der Waals surface area contributed by atoms with Crippen molar-refractivity contribution < 1.29 is 4.39 Å². The summed E-state index contributed by atoms with van der Waals surface area (Å²) < 4.78 is 13.4. The van der Waals surface area contributed by atoms with Gasteiger partial charge >= 0.3 is 0 Å². The lowest BCUT2D eigenvalue weighted by molar-refractivity contribution is 0.629. The van der Waals surface area contributed by atoms with Crippen molar-refractivity contribution >= 4 is 16.7 Å². The Kier molecular flexibility index (Phi) is 4.07. The van der Waals surface area contributed by atoms with Crippen LogP contribution in [0.1, 0.15) is 26.7 Å². The quantitative estimate of drug-likeness (QED) is 0.811. The van der Waals surface area contributed by atoms with E-state index in [4.69, 9.17) is 0 Å². The maximum Gasteiger partial charge on any atom is 0.139 e. The van der Waals surface area contributed by atoms with Crippen LogP contribution in [0.4, 0.5) is 10.2 Å². The first-order valence-electron chi connectivity index (χ1n) is 6.41. The van der Waals surface area contributed by atoms with Crippen LogP contribution < -0.4 is 4.90 Å². The molecule has 2 rings (SSSR count). The van der Waals surface area contributed by atoms with Crippen LogP contribution in [0.2, 0.25) is 0 Å². The topological polar surface area (TPSA) is 29.0 Å². The molecule has 0 N–H and O–H groups in total. The Morgan fingerprint density at radius 2 is 1.83 bits per heavy atom. The highest BCUT2D eigenvalue weighted by Crippen LogP contribution is 2.24. The summed E-state index contributed by atoms with van der Waals surface area (Å²) in [6.45, 7) is 6.12. The molecule has 0 atom stereocenters. The molecule has 1 aromatic carbocycles. The van der Waals surface area contributed by atoms with Gasteiger partial charge in [-0.15, -0.1) is 0 Å². The first kappa shape index (κ1) is 12.7. The van der Waals surface area contributed by atoms with Crippen LogP contribution in [0.25, 0.3) is 10.9 Å².